The number of carbonyl (C=O) groups is 3. The summed E-state index contributed by atoms with van der Waals surface area (Å²) < 4.78 is 4.45. The van der Waals surface area contributed by atoms with Crippen LogP contribution in [0, 0.1) is 0 Å². The zero-order valence-corrected chi connectivity index (χ0v) is 11.1. The fourth-order valence-electron chi connectivity index (χ4n) is 1.07. The molecular weight excluding hydrogens is 248 g/mol. The van der Waals surface area contributed by atoms with Crippen molar-refractivity contribution >= 4 is 17.9 Å². The van der Waals surface area contributed by atoms with Crippen LogP contribution < -0.4 is 0 Å². The molecule has 0 unspecified atom stereocenters. The SMILES string of the molecule is C=C(C)C(=O)OC(=O)c1ccccc1C(=O)O.CC. The number of hydrogen-bond donors (Lipinski definition) is 1. The van der Waals surface area contributed by atoms with Gasteiger partial charge in [0.2, 0.25) is 0 Å². The second kappa shape index (κ2) is 7.81. The number of ether oxygens (including phenoxy) is 1. The number of carbonyl (C=O) groups excluding carboxylic acids is 2. The minimum absolute atomic E-state index is 0.0613. The van der Waals surface area contributed by atoms with Crippen molar-refractivity contribution in [2.45, 2.75) is 20.8 Å². The van der Waals surface area contributed by atoms with Gasteiger partial charge in [-0.05, 0) is 19.1 Å². The van der Waals surface area contributed by atoms with Gasteiger partial charge in [0.25, 0.3) is 0 Å². The van der Waals surface area contributed by atoms with Gasteiger partial charge in [-0.1, -0.05) is 32.6 Å². The summed E-state index contributed by atoms with van der Waals surface area (Å²) in [5.74, 6) is -3.15. The van der Waals surface area contributed by atoms with Crippen molar-refractivity contribution in [1.82, 2.24) is 0 Å². The molecule has 0 aliphatic carbocycles. The molecule has 0 aliphatic heterocycles. The zero-order chi connectivity index (χ0) is 15.0. The quantitative estimate of drug-likeness (QED) is 0.515. The van der Waals surface area contributed by atoms with Gasteiger partial charge in [-0.15, -0.1) is 0 Å². The fraction of sp³-hybridized carbons (Fsp3) is 0.214. The van der Waals surface area contributed by atoms with E-state index in [4.69, 9.17) is 5.11 Å². The van der Waals surface area contributed by atoms with Crippen molar-refractivity contribution in [1.29, 1.82) is 0 Å². The van der Waals surface area contributed by atoms with Crippen LogP contribution in [0.2, 0.25) is 0 Å². The van der Waals surface area contributed by atoms with E-state index in [0.717, 1.165) is 0 Å². The molecule has 0 amide bonds. The molecule has 1 aromatic rings. The Morgan fingerprint density at radius 3 is 2.00 bits per heavy atom. The largest absolute Gasteiger partial charge is 0.478 e. The zero-order valence-electron chi connectivity index (χ0n) is 11.1. The Hall–Kier alpha value is -2.43. The van der Waals surface area contributed by atoms with E-state index in [0.29, 0.717) is 0 Å². The summed E-state index contributed by atoms with van der Waals surface area (Å²) in [5, 5.41) is 8.85. The number of rotatable bonds is 3. The third-order valence-corrected chi connectivity index (χ3v) is 1.91. The van der Waals surface area contributed by atoms with Crippen LogP contribution in [0.25, 0.3) is 0 Å². The summed E-state index contributed by atoms with van der Waals surface area (Å²) in [6, 6.07) is 5.48. The van der Waals surface area contributed by atoms with E-state index in [1.54, 1.807) is 0 Å². The third-order valence-electron chi connectivity index (χ3n) is 1.91. The summed E-state index contributed by atoms with van der Waals surface area (Å²) in [6.45, 7) is 8.70. The van der Waals surface area contributed by atoms with E-state index in [1.807, 2.05) is 13.8 Å². The average molecular weight is 264 g/mol. The fourth-order valence-corrected chi connectivity index (χ4v) is 1.07. The molecule has 0 aliphatic rings. The van der Waals surface area contributed by atoms with Crippen LogP contribution in [0.3, 0.4) is 0 Å². The highest BCUT2D eigenvalue weighted by atomic mass is 16.6. The third kappa shape index (κ3) is 4.75. The van der Waals surface area contributed by atoms with Crippen molar-refractivity contribution in [3.63, 3.8) is 0 Å². The molecule has 0 heterocycles. The van der Waals surface area contributed by atoms with Gasteiger partial charge in [0.15, 0.2) is 0 Å². The second-order valence-electron chi connectivity index (χ2n) is 3.31. The number of carboxylic acid groups (broad SMARTS) is 1. The second-order valence-corrected chi connectivity index (χ2v) is 3.31. The highest BCUT2D eigenvalue weighted by Gasteiger charge is 2.19. The number of carboxylic acids is 1. The van der Waals surface area contributed by atoms with Gasteiger partial charge in [0, 0.05) is 5.57 Å². The lowest BCUT2D eigenvalue weighted by atomic mass is 10.1. The van der Waals surface area contributed by atoms with Crippen molar-refractivity contribution in [2.24, 2.45) is 0 Å². The first-order valence-electron chi connectivity index (χ1n) is 5.68. The van der Waals surface area contributed by atoms with Crippen LogP contribution in [-0.4, -0.2) is 23.0 Å². The van der Waals surface area contributed by atoms with Gasteiger partial charge >= 0.3 is 17.9 Å². The first-order chi connectivity index (χ1) is 8.93. The molecule has 0 bridgehead atoms. The molecule has 0 saturated heterocycles. The lowest BCUT2D eigenvalue weighted by Crippen LogP contribution is -2.16. The maximum absolute atomic E-state index is 11.5. The maximum atomic E-state index is 11.5. The number of aromatic carboxylic acids is 1. The molecule has 0 atom stereocenters. The lowest BCUT2D eigenvalue weighted by Gasteiger charge is -2.05. The normalized spacial score (nSPS) is 8.79. The molecule has 0 radical (unpaired) electrons. The number of hydrogen-bond acceptors (Lipinski definition) is 4. The molecule has 102 valence electrons. The van der Waals surface area contributed by atoms with Crippen LogP contribution in [0.1, 0.15) is 41.5 Å². The van der Waals surface area contributed by atoms with E-state index in [1.165, 1.54) is 31.2 Å². The van der Waals surface area contributed by atoms with Gasteiger partial charge < -0.3 is 9.84 Å². The Kier molecular flexibility index (Phi) is 6.81. The van der Waals surface area contributed by atoms with Crippen molar-refractivity contribution < 1.29 is 24.2 Å². The maximum Gasteiger partial charge on any atom is 0.346 e. The molecule has 1 aromatic carbocycles. The summed E-state index contributed by atoms with van der Waals surface area (Å²) in [4.78, 5) is 33.5. The van der Waals surface area contributed by atoms with E-state index in [9.17, 15) is 14.4 Å². The Morgan fingerprint density at radius 2 is 1.58 bits per heavy atom. The molecule has 19 heavy (non-hydrogen) atoms. The molecule has 1 N–H and O–H groups in total. The van der Waals surface area contributed by atoms with E-state index < -0.39 is 17.9 Å². The lowest BCUT2D eigenvalue weighted by molar-refractivity contribution is -0.133. The summed E-state index contributed by atoms with van der Waals surface area (Å²) in [7, 11) is 0. The van der Waals surface area contributed by atoms with Crippen LogP contribution in [0.15, 0.2) is 36.4 Å². The predicted molar refractivity (Wildman–Crippen MR) is 70.0 cm³/mol. The Labute approximate surface area is 111 Å². The Balaban J connectivity index is 0.00000154. The van der Waals surface area contributed by atoms with Crippen molar-refractivity contribution in [3.05, 3.63) is 47.5 Å². The topological polar surface area (TPSA) is 80.7 Å². The van der Waals surface area contributed by atoms with Crippen LogP contribution in [0.4, 0.5) is 0 Å². The van der Waals surface area contributed by atoms with Gasteiger partial charge in [0.05, 0.1) is 11.1 Å². The summed E-state index contributed by atoms with van der Waals surface area (Å²) in [5.41, 5.74) is -0.326. The van der Waals surface area contributed by atoms with E-state index >= 15 is 0 Å². The van der Waals surface area contributed by atoms with E-state index in [2.05, 4.69) is 11.3 Å². The molecular formula is C14H16O5. The molecule has 0 fully saturated rings. The number of esters is 2. The molecule has 0 aromatic heterocycles. The highest BCUT2D eigenvalue weighted by Crippen LogP contribution is 2.11. The highest BCUT2D eigenvalue weighted by molar-refractivity contribution is 6.07. The molecule has 1 rings (SSSR count). The molecule has 5 nitrogen and oxygen atoms in total. The first kappa shape index (κ1) is 16.6. The Morgan fingerprint density at radius 1 is 1.11 bits per heavy atom. The smallest absolute Gasteiger partial charge is 0.346 e. The minimum Gasteiger partial charge on any atom is -0.478 e. The number of benzene rings is 1. The predicted octanol–water partition coefficient (Wildman–Crippen LogP) is 2.67. The van der Waals surface area contributed by atoms with Gasteiger partial charge in [0.1, 0.15) is 0 Å². The monoisotopic (exact) mass is 264 g/mol. The minimum atomic E-state index is -1.26. The van der Waals surface area contributed by atoms with Crippen molar-refractivity contribution in [2.75, 3.05) is 0 Å². The summed E-state index contributed by atoms with van der Waals surface area (Å²) >= 11 is 0. The standard InChI is InChI=1S/C12H10O5.C2H6/c1-7(2)11(15)17-12(16)9-6-4-3-5-8(9)10(13)14;1-2/h3-6H,1H2,2H3,(H,13,14);1-2H3. The molecule has 5 heteroatoms. The average Bonchev–Trinajstić information content (AvgIpc) is 2.40. The van der Waals surface area contributed by atoms with Crippen molar-refractivity contribution in [3.8, 4) is 0 Å². The first-order valence-corrected chi connectivity index (χ1v) is 5.68. The van der Waals surface area contributed by atoms with Crippen LogP contribution in [-0.2, 0) is 9.53 Å². The van der Waals surface area contributed by atoms with E-state index in [-0.39, 0.29) is 16.7 Å². The molecule has 0 spiro atoms. The van der Waals surface area contributed by atoms with Gasteiger partial charge in [-0.3, -0.25) is 0 Å². The molecule has 0 saturated carbocycles. The Bertz CT molecular complexity index is 502. The summed E-state index contributed by atoms with van der Waals surface area (Å²) in [6.07, 6.45) is 0. The van der Waals surface area contributed by atoms with Gasteiger partial charge in [-0.2, -0.15) is 0 Å². The van der Waals surface area contributed by atoms with Crippen LogP contribution >= 0.6 is 0 Å². The van der Waals surface area contributed by atoms with Crippen LogP contribution in [0.5, 0.6) is 0 Å². The van der Waals surface area contributed by atoms with Gasteiger partial charge in [-0.25, -0.2) is 14.4 Å².